The number of esters is 1. The first kappa shape index (κ1) is 28.2. The number of aromatic nitrogens is 1. The standard InChI is InChI=1S/C30H23Cl3N2O4S/c1-3-38-29(37)26-17(2)34-30-35(27(26)19-7-9-21(31)10-8-19)28(36)25(40-30)15-20-14-23(33)11-12-24(20)39-16-18-5-4-6-22(32)13-18/h4-15,27H,3,16H2,1-2H3/b25-15-/t27-/m0/s1. The van der Waals surface area contributed by atoms with E-state index in [-0.39, 0.29) is 18.8 Å². The summed E-state index contributed by atoms with van der Waals surface area (Å²) in [4.78, 5) is 32.0. The fourth-order valence-electron chi connectivity index (χ4n) is 4.44. The summed E-state index contributed by atoms with van der Waals surface area (Å²) in [7, 11) is 0. The highest BCUT2D eigenvalue weighted by Crippen LogP contribution is 2.31. The monoisotopic (exact) mass is 612 g/mol. The zero-order valence-corrected chi connectivity index (χ0v) is 24.6. The van der Waals surface area contributed by atoms with E-state index in [2.05, 4.69) is 4.99 Å². The zero-order chi connectivity index (χ0) is 28.4. The normalized spacial score (nSPS) is 15.0. The quantitative estimate of drug-likeness (QED) is 0.228. The van der Waals surface area contributed by atoms with Crippen molar-refractivity contribution >= 4 is 58.2 Å². The largest absolute Gasteiger partial charge is 0.488 e. The maximum Gasteiger partial charge on any atom is 0.338 e. The van der Waals surface area contributed by atoms with Crippen LogP contribution in [-0.2, 0) is 16.1 Å². The van der Waals surface area contributed by atoms with E-state index in [1.54, 1.807) is 68.5 Å². The van der Waals surface area contributed by atoms with Gasteiger partial charge in [0.05, 0.1) is 28.5 Å². The van der Waals surface area contributed by atoms with Crippen molar-refractivity contribution in [3.63, 3.8) is 0 Å². The molecule has 5 rings (SSSR count). The second-order valence-electron chi connectivity index (χ2n) is 8.95. The maximum absolute atomic E-state index is 13.9. The first-order valence-electron chi connectivity index (χ1n) is 12.4. The Labute approximate surface area is 249 Å². The van der Waals surface area contributed by atoms with Crippen molar-refractivity contribution in [2.75, 3.05) is 6.61 Å². The van der Waals surface area contributed by atoms with E-state index in [4.69, 9.17) is 44.3 Å². The number of hydrogen-bond donors (Lipinski definition) is 0. The van der Waals surface area contributed by atoms with Gasteiger partial charge in [0.1, 0.15) is 12.4 Å². The lowest BCUT2D eigenvalue weighted by Crippen LogP contribution is -2.39. The van der Waals surface area contributed by atoms with Gasteiger partial charge in [-0.25, -0.2) is 9.79 Å². The van der Waals surface area contributed by atoms with Gasteiger partial charge < -0.3 is 9.47 Å². The topological polar surface area (TPSA) is 69.9 Å². The molecule has 10 heteroatoms. The minimum absolute atomic E-state index is 0.195. The number of allylic oxidation sites excluding steroid dienone is 1. The van der Waals surface area contributed by atoms with Crippen LogP contribution in [0.1, 0.15) is 36.6 Å². The predicted octanol–water partition coefficient (Wildman–Crippen LogP) is 6.34. The molecule has 1 aliphatic rings. The molecule has 0 unspecified atom stereocenters. The minimum Gasteiger partial charge on any atom is -0.488 e. The number of carbonyl (C=O) groups is 1. The van der Waals surface area contributed by atoms with Crippen LogP contribution in [0.4, 0.5) is 0 Å². The number of benzene rings is 3. The average molecular weight is 614 g/mol. The first-order chi connectivity index (χ1) is 19.2. The van der Waals surface area contributed by atoms with Crippen molar-refractivity contribution in [3.05, 3.63) is 129 Å². The lowest BCUT2D eigenvalue weighted by atomic mass is 9.96. The SMILES string of the molecule is CCOC(=O)C1=C(C)N=c2s/c(=C\c3cc(Cl)ccc3OCc3cccc(Cl)c3)c(=O)n2[C@H]1c1ccc(Cl)cc1. The van der Waals surface area contributed by atoms with Crippen LogP contribution in [-0.4, -0.2) is 17.1 Å². The Balaban J connectivity index is 1.62. The summed E-state index contributed by atoms with van der Waals surface area (Å²) < 4.78 is 13.4. The highest BCUT2D eigenvalue weighted by atomic mass is 35.5. The molecule has 2 heterocycles. The van der Waals surface area contributed by atoms with Crippen molar-refractivity contribution in [1.82, 2.24) is 4.57 Å². The summed E-state index contributed by atoms with van der Waals surface area (Å²) in [6, 6.07) is 18.9. The highest BCUT2D eigenvalue weighted by Gasteiger charge is 2.33. The number of rotatable bonds is 7. The average Bonchev–Trinajstić information content (AvgIpc) is 3.22. The van der Waals surface area contributed by atoms with Crippen molar-refractivity contribution in [2.24, 2.45) is 4.99 Å². The van der Waals surface area contributed by atoms with Crippen LogP contribution in [0, 0.1) is 0 Å². The third-order valence-electron chi connectivity index (χ3n) is 6.24. The van der Waals surface area contributed by atoms with Crippen LogP contribution in [0.5, 0.6) is 5.75 Å². The van der Waals surface area contributed by atoms with E-state index in [0.29, 0.717) is 52.5 Å². The maximum atomic E-state index is 13.9. The van der Waals surface area contributed by atoms with Gasteiger partial charge in [-0.1, -0.05) is 70.4 Å². The second kappa shape index (κ2) is 12.0. The summed E-state index contributed by atoms with van der Waals surface area (Å²) >= 11 is 19.8. The molecule has 0 N–H and O–H groups in total. The Kier molecular flexibility index (Phi) is 8.47. The van der Waals surface area contributed by atoms with Crippen molar-refractivity contribution in [2.45, 2.75) is 26.5 Å². The Bertz CT molecular complexity index is 1810. The van der Waals surface area contributed by atoms with Gasteiger partial charge in [-0.3, -0.25) is 9.36 Å². The molecule has 0 saturated carbocycles. The van der Waals surface area contributed by atoms with E-state index < -0.39 is 12.0 Å². The van der Waals surface area contributed by atoms with Crippen molar-refractivity contribution in [1.29, 1.82) is 0 Å². The summed E-state index contributed by atoms with van der Waals surface area (Å²) in [5, 5.41) is 1.65. The molecule has 204 valence electrons. The summed E-state index contributed by atoms with van der Waals surface area (Å²) in [6.45, 7) is 3.95. The lowest BCUT2D eigenvalue weighted by Gasteiger charge is -2.24. The van der Waals surface area contributed by atoms with Gasteiger partial charge in [-0.05, 0) is 73.5 Å². The molecule has 0 aliphatic carbocycles. The van der Waals surface area contributed by atoms with Gasteiger partial charge in [-0.15, -0.1) is 0 Å². The Morgan fingerprint density at radius 3 is 2.48 bits per heavy atom. The number of halogens is 3. The predicted molar refractivity (Wildman–Crippen MR) is 159 cm³/mol. The number of ether oxygens (including phenoxy) is 2. The number of hydrogen-bond acceptors (Lipinski definition) is 6. The molecule has 1 aromatic heterocycles. The molecular formula is C30H23Cl3N2O4S. The molecule has 1 aliphatic heterocycles. The van der Waals surface area contributed by atoms with Gasteiger partial charge >= 0.3 is 5.97 Å². The van der Waals surface area contributed by atoms with E-state index in [9.17, 15) is 9.59 Å². The molecule has 0 fully saturated rings. The minimum atomic E-state index is -0.729. The van der Waals surface area contributed by atoms with E-state index >= 15 is 0 Å². The van der Waals surface area contributed by atoms with Gasteiger partial charge in [0.15, 0.2) is 4.80 Å². The number of nitrogens with zero attached hydrogens (tertiary/aromatic N) is 2. The molecule has 4 aromatic rings. The van der Waals surface area contributed by atoms with Crippen LogP contribution in [0.2, 0.25) is 15.1 Å². The number of thiazole rings is 1. The van der Waals surface area contributed by atoms with E-state index in [1.165, 1.54) is 15.9 Å². The molecule has 1 atom stereocenters. The Hall–Kier alpha value is -3.36. The van der Waals surface area contributed by atoms with Crippen molar-refractivity contribution < 1.29 is 14.3 Å². The fourth-order valence-corrected chi connectivity index (χ4v) is 6.00. The highest BCUT2D eigenvalue weighted by molar-refractivity contribution is 7.07. The van der Waals surface area contributed by atoms with Gasteiger partial charge in [0.2, 0.25) is 0 Å². The van der Waals surface area contributed by atoms with Gasteiger partial charge in [-0.2, -0.15) is 0 Å². The molecule has 0 saturated heterocycles. The molecule has 0 spiro atoms. The Morgan fingerprint density at radius 1 is 1.02 bits per heavy atom. The summed E-state index contributed by atoms with van der Waals surface area (Å²) in [5.41, 5.74) is 2.72. The molecule has 40 heavy (non-hydrogen) atoms. The number of fused-ring (bicyclic) bond motifs is 1. The molecular weight excluding hydrogens is 591 g/mol. The molecule has 6 nitrogen and oxygen atoms in total. The van der Waals surface area contributed by atoms with E-state index in [1.807, 2.05) is 18.2 Å². The van der Waals surface area contributed by atoms with Crippen LogP contribution in [0.15, 0.2) is 87.8 Å². The van der Waals surface area contributed by atoms with Crippen LogP contribution in [0.3, 0.4) is 0 Å². The number of carbonyl (C=O) groups excluding carboxylic acids is 1. The Morgan fingerprint density at radius 2 is 1.75 bits per heavy atom. The van der Waals surface area contributed by atoms with Gasteiger partial charge in [0.25, 0.3) is 5.56 Å². The molecule has 0 radical (unpaired) electrons. The summed E-state index contributed by atoms with van der Waals surface area (Å²) in [6.07, 6.45) is 1.73. The third kappa shape index (κ3) is 5.88. The summed E-state index contributed by atoms with van der Waals surface area (Å²) in [5.74, 6) is 0.0254. The molecule has 0 amide bonds. The smallest absolute Gasteiger partial charge is 0.338 e. The lowest BCUT2D eigenvalue weighted by molar-refractivity contribution is -0.139. The van der Waals surface area contributed by atoms with Crippen LogP contribution >= 0.6 is 46.1 Å². The molecule has 3 aromatic carbocycles. The van der Waals surface area contributed by atoms with Crippen molar-refractivity contribution in [3.8, 4) is 5.75 Å². The van der Waals surface area contributed by atoms with E-state index in [0.717, 1.165) is 5.56 Å². The van der Waals surface area contributed by atoms with Crippen LogP contribution in [0.25, 0.3) is 6.08 Å². The fraction of sp³-hybridized carbons (Fsp3) is 0.167. The third-order valence-corrected chi connectivity index (χ3v) is 7.95. The van der Waals surface area contributed by atoms with Crippen LogP contribution < -0.4 is 19.6 Å². The zero-order valence-electron chi connectivity index (χ0n) is 21.5. The molecule has 0 bridgehead atoms. The second-order valence-corrected chi connectivity index (χ2v) is 11.3. The first-order valence-corrected chi connectivity index (χ1v) is 14.3. The van der Waals surface area contributed by atoms with Gasteiger partial charge in [0, 0.05) is 20.6 Å².